The van der Waals surface area contributed by atoms with Crippen LogP contribution in [-0.4, -0.2) is 38.2 Å². The summed E-state index contributed by atoms with van der Waals surface area (Å²) >= 11 is 0. The van der Waals surface area contributed by atoms with Gasteiger partial charge in [0.05, 0.1) is 5.75 Å². The Balaban J connectivity index is 1.75. The molecule has 116 valence electrons. The number of rotatable bonds is 4. The van der Waals surface area contributed by atoms with Gasteiger partial charge in [0.1, 0.15) is 0 Å². The molecule has 1 fully saturated rings. The van der Waals surface area contributed by atoms with Crippen LogP contribution in [0.5, 0.6) is 0 Å². The van der Waals surface area contributed by atoms with E-state index in [4.69, 9.17) is 0 Å². The van der Waals surface area contributed by atoms with E-state index in [-0.39, 0.29) is 11.8 Å². The number of benzene rings is 1. The Bertz CT molecular complexity index is 600. The van der Waals surface area contributed by atoms with Crippen molar-refractivity contribution in [1.82, 2.24) is 9.62 Å². The normalized spacial score (nSPS) is 26.1. The van der Waals surface area contributed by atoms with Crippen LogP contribution in [0.15, 0.2) is 24.3 Å². The average Bonchev–Trinajstić information content (AvgIpc) is 2.46. The van der Waals surface area contributed by atoms with Gasteiger partial charge in [0, 0.05) is 25.2 Å². The van der Waals surface area contributed by atoms with Gasteiger partial charge in [-0.05, 0) is 36.8 Å². The Kier molecular flexibility index (Phi) is 4.33. The highest BCUT2D eigenvalue weighted by atomic mass is 32.2. The summed E-state index contributed by atoms with van der Waals surface area (Å²) in [5.74, 6) is 0.231. The molecule has 5 heteroatoms. The fourth-order valence-electron chi connectivity index (χ4n) is 3.64. The molecule has 0 unspecified atom stereocenters. The van der Waals surface area contributed by atoms with E-state index < -0.39 is 10.0 Å². The Labute approximate surface area is 127 Å². The van der Waals surface area contributed by atoms with Crippen LogP contribution in [0, 0.1) is 0 Å². The highest BCUT2D eigenvalue weighted by Crippen LogP contribution is 2.36. The first kappa shape index (κ1) is 15.0. The summed E-state index contributed by atoms with van der Waals surface area (Å²) in [6, 6.07) is 9.05. The minimum absolute atomic E-state index is 0.0777. The van der Waals surface area contributed by atoms with Gasteiger partial charge in [0.2, 0.25) is 10.0 Å². The third-order valence-electron chi connectivity index (χ3n) is 4.61. The Morgan fingerprint density at radius 3 is 2.90 bits per heavy atom. The molecule has 1 saturated heterocycles. The number of fused-ring (bicyclic) bond motifs is 3. The second kappa shape index (κ2) is 6.07. The van der Waals surface area contributed by atoms with Gasteiger partial charge >= 0.3 is 0 Å². The molecule has 2 atom stereocenters. The molecule has 0 saturated carbocycles. The van der Waals surface area contributed by atoms with Gasteiger partial charge in [-0.25, -0.2) is 13.1 Å². The number of nitrogens with zero attached hydrogens (tertiary/aromatic N) is 1. The molecule has 3 rings (SSSR count). The van der Waals surface area contributed by atoms with Crippen LogP contribution >= 0.6 is 0 Å². The molecule has 2 aliphatic heterocycles. The second-order valence-corrected chi connectivity index (χ2v) is 8.03. The third-order valence-corrected chi connectivity index (χ3v) is 6.25. The van der Waals surface area contributed by atoms with Crippen LogP contribution in [0.1, 0.15) is 43.4 Å². The standard InChI is InChI=1S/C16H24N2O2S/c1-2-11-21(19,20)17-14-8-10-18-9-7-13-5-3-4-6-15(13)16(18)12-14/h3-6,14,16-17H,2,7-12H2,1H3/t14-,16+/m1/s1. The maximum Gasteiger partial charge on any atom is 0.211 e. The average molecular weight is 308 g/mol. The molecule has 2 heterocycles. The van der Waals surface area contributed by atoms with E-state index in [0.29, 0.717) is 12.5 Å². The summed E-state index contributed by atoms with van der Waals surface area (Å²) in [6.07, 6.45) is 3.58. The molecule has 0 radical (unpaired) electrons. The van der Waals surface area contributed by atoms with E-state index in [0.717, 1.165) is 32.4 Å². The van der Waals surface area contributed by atoms with Crippen LogP contribution in [0.25, 0.3) is 0 Å². The second-order valence-electron chi connectivity index (χ2n) is 6.16. The first-order valence-corrected chi connectivity index (χ1v) is 9.56. The summed E-state index contributed by atoms with van der Waals surface area (Å²) in [5.41, 5.74) is 2.82. The molecule has 0 spiro atoms. The quantitative estimate of drug-likeness (QED) is 0.926. The molecule has 1 aromatic rings. The minimum Gasteiger partial charge on any atom is -0.296 e. The maximum absolute atomic E-state index is 12.0. The number of hydrogen-bond acceptors (Lipinski definition) is 3. The fraction of sp³-hybridized carbons (Fsp3) is 0.625. The zero-order chi connectivity index (χ0) is 14.9. The lowest BCUT2D eigenvalue weighted by Crippen LogP contribution is -2.48. The van der Waals surface area contributed by atoms with Gasteiger partial charge in [-0.15, -0.1) is 0 Å². The van der Waals surface area contributed by atoms with Crippen LogP contribution in [0.2, 0.25) is 0 Å². The lowest BCUT2D eigenvalue weighted by atomic mass is 9.85. The first-order valence-electron chi connectivity index (χ1n) is 7.91. The zero-order valence-electron chi connectivity index (χ0n) is 12.6. The molecule has 1 aromatic carbocycles. The lowest BCUT2D eigenvalue weighted by Gasteiger charge is -2.43. The maximum atomic E-state index is 12.0. The highest BCUT2D eigenvalue weighted by Gasteiger charge is 2.34. The van der Waals surface area contributed by atoms with Gasteiger partial charge < -0.3 is 0 Å². The van der Waals surface area contributed by atoms with Gasteiger partial charge in [-0.2, -0.15) is 0 Å². The van der Waals surface area contributed by atoms with Crippen LogP contribution < -0.4 is 4.72 Å². The predicted molar refractivity (Wildman–Crippen MR) is 84.7 cm³/mol. The van der Waals surface area contributed by atoms with Crippen molar-refractivity contribution in [3.8, 4) is 0 Å². The Morgan fingerprint density at radius 1 is 1.29 bits per heavy atom. The van der Waals surface area contributed by atoms with E-state index in [1.807, 2.05) is 6.92 Å². The van der Waals surface area contributed by atoms with Crippen molar-refractivity contribution in [3.05, 3.63) is 35.4 Å². The summed E-state index contributed by atoms with van der Waals surface area (Å²) in [4.78, 5) is 2.51. The molecular formula is C16H24N2O2S. The highest BCUT2D eigenvalue weighted by molar-refractivity contribution is 7.89. The fourth-order valence-corrected chi connectivity index (χ4v) is 5.02. The van der Waals surface area contributed by atoms with E-state index in [1.165, 1.54) is 11.1 Å². The molecule has 0 amide bonds. The van der Waals surface area contributed by atoms with Gasteiger partial charge in [0.25, 0.3) is 0 Å². The molecular weight excluding hydrogens is 284 g/mol. The summed E-state index contributed by atoms with van der Waals surface area (Å²) in [7, 11) is -3.11. The van der Waals surface area contributed by atoms with Gasteiger partial charge in [0.15, 0.2) is 0 Å². The molecule has 1 N–H and O–H groups in total. The van der Waals surface area contributed by atoms with Crippen molar-refractivity contribution in [3.63, 3.8) is 0 Å². The van der Waals surface area contributed by atoms with E-state index in [9.17, 15) is 8.42 Å². The smallest absolute Gasteiger partial charge is 0.211 e. The van der Waals surface area contributed by atoms with E-state index >= 15 is 0 Å². The molecule has 0 bridgehead atoms. The number of hydrogen-bond donors (Lipinski definition) is 1. The van der Waals surface area contributed by atoms with Crippen LogP contribution in [-0.2, 0) is 16.4 Å². The molecule has 0 aliphatic carbocycles. The molecule has 2 aliphatic rings. The molecule has 4 nitrogen and oxygen atoms in total. The predicted octanol–water partition coefficient (Wildman–Crippen LogP) is 2.08. The molecule has 21 heavy (non-hydrogen) atoms. The first-order chi connectivity index (χ1) is 10.1. The Morgan fingerprint density at radius 2 is 2.10 bits per heavy atom. The number of piperidine rings is 1. The third kappa shape index (κ3) is 3.30. The van der Waals surface area contributed by atoms with Gasteiger partial charge in [-0.3, -0.25) is 4.90 Å². The van der Waals surface area contributed by atoms with Crippen molar-refractivity contribution >= 4 is 10.0 Å². The summed E-state index contributed by atoms with van der Waals surface area (Å²) in [5, 5.41) is 0. The SMILES string of the molecule is CCCS(=O)(=O)N[C@@H]1CCN2CCc3ccccc3[C@@H]2C1. The van der Waals surface area contributed by atoms with Crippen LogP contribution in [0.4, 0.5) is 0 Å². The minimum atomic E-state index is -3.11. The summed E-state index contributed by atoms with van der Waals surface area (Å²) in [6.45, 7) is 3.98. The van der Waals surface area contributed by atoms with E-state index in [2.05, 4.69) is 33.9 Å². The van der Waals surface area contributed by atoms with Crippen molar-refractivity contribution in [1.29, 1.82) is 0 Å². The van der Waals surface area contributed by atoms with E-state index in [1.54, 1.807) is 0 Å². The summed E-state index contributed by atoms with van der Waals surface area (Å²) < 4.78 is 26.9. The van der Waals surface area contributed by atoms with Crippen molar-refractivity contribution in [2.24, 2.45) is 0 Å². The molecule has 0 aromatic heterocycles. The zero-order valence-corrected chi connectivity index (χ0v) is 13.4. The van der Waals surface area contributed by atoms with Gasteiger partial charge in [-0.1, -0.05) is 31.2 Å². The lowest BCUT2D eigenvalue weighted by molar-refractivity contribution is 0.122. The van der Waals surface area contributed by atoms with Crippen molar-refractivity contribution in [2.45, 2.75) is 44.7 Å². The Hall–Kier alpha value is -0.910. The topological polar surface area (TPSA) is 49.4 Å². The van der Waals surface area contributed by atoms with Crippen LogP contribution in [0.3, 0.4) is 0 Å². The largest absolute Gasteiger partial charge is 0.296 e. The number of nitrogens with one attached hydrogen (secondary N) is 1. The monoisotopic (exact) mass is 308 g/mol. The van der Waals surface area contributed by atoms with Crippen molar-refractivity contribution < 1.29 is 8.42 Å². The van der Waals surface area contributed by atoms with Crippen molar-refractivity contribution in [2.75, 3.05) is 18.8 Å². The number of sulfonamides is 1.